The molecule has 2 fully saturated rings. The molecule has 3 aliphatic rings. The van der Waals surface area contributed by atoms with Crippen molar-refractivity contribution < 1.29 is 9.59 Å². The van der Waals surface area contributed by atoms with E-state index in [1.165, 1.54) is 5.56 Å². The highest BCUT2D eigenvalue weighted by molar-refractivity contribution is 6.30. The quantitative estimate of drug-likeness (QED) is 0.797. The zero-order valence-corrected chi connectivity index (χ0v) is 18.4. The van der Waals surface area contributed by atoms with Crippen molar-refractivity contribution in [3.05, 3.63) is 58.2 Å². The van der Waals surface area contributed by atoms with E-state index < -0.39 is 0 Å². The van der Waals surface area contributed by atoms with E-state index in [0.717, 1.165) is 37.2 Å². The molecule has 1 saturated carbocycles. The first-order valence-corrected chi connectivity index (χ1v) is 11.4. The molecule has 5 rings (SSSR count). The summed E-state index contributed by atoms with van der Waals surface area (Å²) in [5, 5.41) is 3.90. The minimum absolute atomic E-state index is 0.107. The number of halogens is 1. The van der Waals surface area contributed by atoms with E-state index in [2.05, 4.69) is 15.2 Å². The van der Waals surface area contributed by atoms with Crippen molar-refractivity contribution in [3.63, 3.8) is 0 Å². The molecule has 162 valence electrons. The molecule has 2 amide bonds. The van der Waals surface area contributed by atoms with Gasteiger partial charge in [-0.05, 0) is 60.4 Å². The second kappa shape index (κ2) is 8.15. The first kappa shape index (κ1) is 20.3. The maximum Gasteiger partial charge on any atom is 0.270 e. The van der Waals surface area contributed by atoms with Gasteiger partial charge in [-0.25, -0.2) is 4.98 Å². The van der Waals surface area contributed by atoms with Crippen LogP contribution < -0.4 is 10.2 Å². The normalized spacial score (nSPS) is 24.3. The molecule has 7 heteroatoms. The third kappa shape index (κ3) is 4.01. The van der Waals surface area contributed by atoms with E-state index in [-0.39, 0.29) is 17.9 Å². The van der Waals surface area contributed by atoms with Crippen molar-refractivity contribution in [2.45, 2.75) is 31.7 Å². The maximum absolute atomic E-state index is 12.9. The molecule has 3 atom stereocenters. The van der Waals surface area contributed by atoms with Gasteiger partial charge in [-0.2, -0.15) is 0 Å². The Kier molecular flexibility index (Phi) is 5.34. The van der Waals surface area contributed by atoms with Crippen LogP contribution in [0.1, 0.15) is 34.5 Å². The van der Waals surface area contributed by atoms with Crippen LogP contribution in [0.25, 0.3) is 0 Å². The number of benzene rings is 1. The van der Waals surface area contributed by atoms with Crippen molar-refractivity contribution in [1.82, 2.24) is 15.2 Å². The number of nitrogens with one attached hydrogen (secondary N) is 1. The zero-order chi connectivity index (χ0) is 21.5. The Morgan fingerprint density at radius 1 is 1.16 bits per heavy atom. The highest BCUT2D eigenvalue weighted by Gasteiger charge is 2.44. The highest BCUT2D eigenvalue weighted by atomic mass is 35.5. The number of aromatic nitrogens is 1. The van der Waals surface area contributed by atoms with Crippen LogP contribution in [0.4, 0.5) is 5.82 Å². The maximum atomic E-state index is 12.9. The van der Waals surface area contributed by atoms with Crippen molar-refractivity contribution in [2.24, 2.45) is 11.8 Å². The number of rotatable bonds is 4. The fraction of sp³-hybridized carbons (Fsp3) is 0.458. The lowest BCUT2D eigenvalue weighted by Crippen LogP contribution is -2.54. The van der Waals surface area contributed by atoms with Gasteiger partial charge in [0.15, 0.2) is 0 Å². The number of pyridine rings is 1. The number of carbonyl (C=O) groups is 2. The van der Waals surface area contributed by atoms with Gasteiger partial charge >= 0.3 is 0 Å². The smallest absolute Gasteiger partial charge is 0.270 e. The minimum atomic E-state index is -0.108. The molecule has 3 heterocycles. The zero-order valence-electron chi connectivity index (χ0n) is 17.7. The number of carbonyl (C=O) groups excluding carboxylic acids is 2. The fourth-order valence-electron chi connectivity index (χ4n) is 5.34. The molecule has 1 saturated heterocycles. The lowest BCUT2D eigenvalue weighted by Gasteiger charge is -2.38. The predicted octanol–water partition coefficient (Wildman–Crippen LogP) is 2.94. The van der Waals surface area contributed by atoms with Gasteiger partial charge in [0.2, 0.25) is 5.91 Å². The third-order valence-electron chi connectivity index (χ3n) is 7.00. The molecule has 0 radical (unpaired) electrons. The lowest BCUT2D eigenvalue weighted by molar-refractivity contribution is -0.132. The average molecular weight is 439 g/mol. The Labute approximate surface area is 187 Å². The van der Waals surface area contributed by atoms with Crippen LogP contribution in [0, 0.1) is 11.8 Å². The van der Waals surface area contributed by atoms with Crippen LogP contribution in [0.15, 0.2) is 36.4 Å². The Bertz CT molecular complexity index is 1010. The second-order valence-electron chi connectivity index (χ2n) is 9.05. The van der Waals surface area contributed by atoms with Gasteiger partial charge in [0.1, 0.15) is 11.5 Å². The second-order valence-corrected chi connectivity index (χ2v) is 9.49. The van der Waals surface area contributed by atoms with Gasteiger partial charge in [-0.3, -0.25) is 9.59 Å². The van der Waals surface area contributed by atoms with Crippen LogP contribution in [0.2, 0.25) is 5.02 Å². The number of hydrogen-bond acceptors (Lipinski definition) is 4. The summed E-state index contributed by atoms with van der Waals surface area (Å²) in [6.45, 7) is 2.33. The van der Waals surface area contributed by atoms with Gasteiger partial charge < -0.3 is 15.1 Å². The summed E-state index contributed by atoms with van der Waals surface area (Å²) >= 11 is 6.05. The highest BCUT2D eigenvalue weighted by Crippen LogP contribution is 2.37. The van der Waals surface area contributed by atoms with E-state index >= 15 is 0 Å². The van der Waals surface area contributed by atoms with Gasteiger partial charge in [-0.15, -0.1) is 0 Å². The van der Waals surface area contributed by atoms with E-state index in [0.29, 0.717) is 42.1 Å². The molecule has 2 bridgehead atoms. The van der Waals surface area contributed by atoms with Gasteiger partial charge in [-0.1, -0.05) is 29.8 Å². The Morgan fingerprint density at radius 2 is 1.94 bits per heavy atom. The van der Waals surface area contributed by atoms with Crippen LogP contribution >= 0.6 is 11.6 Å². The molecule has 6 nitrogen and oxygen atoms in total. The van der Waals surface area contributed by atoms with Crippen LogP contribution in [-0.2, 0) is 17.6 Å². The van der Waals surface area contributed by atoms with E-state index in [9.17, 15) is 9.59 Å². The summed E-state index contributed by atoms with van der Waals surface area (Å²) in [6, 6.07) is 11.4. The first-order chi connectivity index (χ1) is 15.0. The molecule has 2 aliphatic heterocycles. The van der Waals surface area contributed by atoms with E-state index in [4.69, 9.17) is 11.6 Å². The van der Waals surface area contributed by atoms with Crippen molar-refractivity contribution in [1.29, 1.82) is 0 Å². The molecule has 31 heavy (non-hydrogen) atoms. The number of likely N-dealkylation sites (N-methyl/N-ethyl adjacent to an activating group) is 1. The molecule has 2 aromatic rings. The molecule has 1 aromatic heterocycles. The van der Waals surface area contributed by atoms with Crippen molar-refractivity contribution >= 4 is 29.2 Å². The number of likely N-dealkylation sites (tertiary alicyclic amines) is 1. The Morgan fingerprint density at radius 3 is 2.68 bits per heavy atom. The van der Waals surface area contributed by atoms with Crippen molar-refractivity contribution in [2.75, 3.05) is 31.6 Å². The molecular weight excluding hydrogens is 412 g/mol. The summed E-state index contributed by atoms with van der Waals surface area (Å²) in [6.07, 6.45) is 3.42. The summed E-state index contributed by atoms with van der Waals surface area (Å²) in [5.41, 5.74) is 2.62. The van der Waals surface area contributed by atoms with E-state index in [1.807, 2.05) is 48.3 Å². The number of nitrogens with zero attached hydrogens (tertiary/aromatic N) is 3. The monoisotopic (exact) mass is 438 g/mol. The number of piperidine rings is 1. The van der Waals surface area contributed by atoms with Gasteiger partial charge in [0.25, 0.3) is 5.91 Å². The summed E-state index contributed by atoms with van der Waals surface area (Å²) in [7, 11) is 2.01. The van der Waals surface area contributed by atoms with Gasteiger partial charge in [0.05, 0.1) is 6.42 Å². The Balaban J connectivity index is 1.23. The van der Waals surface area contributed by atoms with E-state index in [1.54, 1.807) is 0 Å². The number of amides is 2. The predicted molar refractivity (Wildman–Crippen MR) is 120 cm³/mol. The third-order valence-corrected chi connectivity index (χ3v) is 7.23. The first-order valence-electron chi connectivity index (χ1n) is 11.0. The largest absolute Gasteiger partial charge is 0.359 e. The minimum Gasteiger partial charge on any atom is -0.359 e. The molecular formula is C24H27ClN4O2. The topological polar surface area (TPSA) is 65.5 Å². The Hall–Kier alpha value is -2.60. The van der Waals surface area contributed by atoms with Crippen LogP contribution in [0.5, 0.6) is 0 Å². The fourth-order valence-corrected chi connectivity index (χ4v) is 5.56. The molecule has 1 unspecified atom stereocenters. The van der Waals surface area contributed by atoms with Crippen LogP contribution in [-0.4, -0.2) is 54.4 Å². The summed E-state index contributed by atoms with van der Waals surface area (Å²) < 4.78 is 0. The molecule has 1 N–H and O–H groups in total. The SMILES string of the molecule is CN1CCc2ccc(C(=O)NC3[C@@H]4CC[C@H]3CN(C(=O)Cc3cccc(Cl)c3)C4)nc21. The average Bonchev–Trinajstić information content (AvgIpc) is 3.22. The molecule has 1 aliphatic carbocycles. The molecule has 0 spiro atoms. The standard InChI is InChI=1S/C24H27ClN4O2/c1-28-10-9-16-7-8-20(26-23(16)28)24(31)27-22-17-5-6-18(22)14-29(13-17)21(30)12-15-3-2-4-19(25)11-15/h2-4,7-8,11,17-18,22H,5-6,9-10,12-14H2,1H3,(H,27,31)/t17-,18+,22?. The number of fused-ring (bicyclic) bond motifs is 3. The van der Waals surface area contributed by atoms with Crippen LogP contribution in [0.3, 0.4) is 0 Å². The summed E-state index contributed by atoms with van der Waals surface area (Å²) in [5.74, 6) is 1.53. The van der Waals surface area contributed by atoms with Gasteiger partial charge in [0, 0.05) is 37.7 Å². The molecule has 1 aromatic carbocycles. The summed E-state index contributed by atoms with van der Waals surface area (Å²) in [4.78, 5) is 34.5. The number of anilines is 1. The lowest BCUT2D eigenvalue weighted by atomic mass is 9.91. The number of hydrogen-bond donors (Lipinski definition) is 1. The van der Waals surface area contributed by atoms with Crippen molar-refractivity contribution in [3.8, 4) is 0 Å².